The Morgan fingerprint density at radius 2 is 1.55 bits per heavy atom. The molecule has 20 heavy (non-hydrogen) atoms. The standard InChI is InChI=1S/C18H19NO/c20-17(13-15-7-3-1-4-8-15)19-14-18(11-12-18)16-9-5-2-6-10-16/h1-10H,11-14H2,(H,19,20). The van der Waals surface area contributed by atoms with Gasteiger partial charge in [0.15, 0.2) is 0 Å². The summed E-state index contributed by atoms with van der Waals surface area (Å²) < 4.78 is 0. The summed E-state index contributed by atoms with van der Waals surface area (Å²) in [7, 11) is 0. The molecular weight excluding hydrogens is 246 g/mol. The van der Waals surface area contributed by atoms with Gasteiger partial charge in [0.05, 0.1) is 6.42 Å². The van der Waals surface area contributed by atoms with Crippen molar-refractivity contribution < 1.29 is 4.79 Å². The minimum absolute atomic E-state index is 0.110. The van der Waals surface area contributed by atoms with Crippen molar-refractivity contribution in [2.24, 2.45) is 0 Å². The number of carbonyl (C=O) groups is 1. The lowest BCUT2D eigenvalue weighted by Crippen LogP contribution is -2.33. The van der Waals surface area contributed by atoms with Crippen molar-refractivity contribution in [1.82, 2.24) is 5.32 Å². The van der Waals surface area contributed by atoms with Gasteiger partial charge in [-0.1, -0.05) is 60.7 Å². The summed E-state index contributed by atoms with van der Waals surface area (Å²) in [6.07, 6.45) is 2.80. The molecule has 1 fully saturated rings. The largest absolute Gasteiger partial charge is 0.355 e. The quantitative estimate of drug-likeness (QED) is 0.884. The van der Waals surface area contributed by atoms with Crippen LogP contribution in [0.2, 0.25) is 0 Å². The molecule has 1 amide bonds. The Hall–Kier alpha value is -2.09. The monoisotopic (exact) mass is 265 g/mol. The fourth-order valence-corrected chi connectivity index (χ4v) is 2.62. The number of amides is 1. The van der Waals surface area contributed by atoms with E-state index in [0.717, 1.165) is 12.1 Å². The summed E-state index contributed by atoms with van der Waals surface area (Å²) in [5.41, 5.74) is 2.60. The van der Waals surface area contributed by atoms with Gasteiger partial charge < -0.3 is 5.32 Å². The van der Waals surface area contributed by atoms with Crippen molar-refractivity contribution in [3.63, 3.8) is 0 Å². The maximum Gasteiger partial charge on any atom is 0.224 e. The molecule has 1 saturated carbocycles. The molecule has 2 nitrogen and oxygen atoms in total. The highest BCUT2D eigenvalue weighted by atomic mass is 16.1. The van der Waals surface area contributed by atoms with Gasteiger partial charge in [-0.15, -0.1) is 0 Å². The molecule has 0 spiro atoms. The maximum atomic E-state index is 12.0. The van der Waals surface area contributed by atoms with Gasteiger partial charge in [0, 0.05) is 12.0 Å². The lowest BCUT2D eigenvalue weighted by Gasteiger charge is -2.16. The fourth-order valence-electron chi connectivity index (χ4n) is 2.62. The molecule has 0 aromatic heterocycles. The second-order valence-electron chi connectivity index (χ2n) is 5.59. The van der Waals surface area contributed by atoms with E-state index in [1.165, 1.54) is 18.4 Å². The van der Waals surface area contributed by atoms with Gasteiger partial charge in [-0.25, -0.2) is 0 Å². The highest BCUT2D eigenvalue weighted by Crippen LogP contribution is 2.47. The smallest absolute Gasteiger partial charge is 0.224 e. The molecule has 0 radical (unpaired) electrons. The molecule has 1 aliphatic carbocycles. The number of rotatable bonds is 5. The number of carbonyl (C=O) groups excluding carboxylic acids is 1. The van der Waals surface area contributed by atoms with Crippen molar-refractivity contribution >= 4 is 5.91 Å². The number of hydrogen-bond acceptors (Lipinski definition) is 1. The van der Waals surface area contributed by atoms with E-state index in [4.69, 9.17) is 0 Å². The third kappa shape index (κ3) is 2.90. The molecular formula is C18H19NO. The van der Waals surface area contributed by atoms with E-state index in [9.17, 15) is 4.79 Å². The van der Waals surface area contributed by atoms with Gasteiger partial charge in [-0.05, 0) is 24.0 Å². The Bertz CT molecular complexity index is 573. The Balaban J connectivity index is 1.56. The molecule has 0 heterocycles. The van der Waals surface area contributed by atoms with Crippen molar-refractivity contribution in [2.45, 2.75) is 24.7 Å². The second-order valence-corrected chi connectivity index (χ2v) is 5.59. The van der Waals surface area contributed by atoms with Crippen LogP contribution >= 0.6 is 0 Å². The fraction of sp³-hybridized carbons (Fsp3) is 0.278. The van der Waals surface area contributed by atoms with Crippen LogP contribution in [0.3, 0.4) is 0 Å². The first-order valence-corrected chi connectivity index (χ1v) is 7.15. The Morgan fingerprint density at radius 3 is 2.15 bits per heavy atom. The first-order chi connectivity index (χ1) is 9.78. The summed E-state index contributed by atoms with van der Waals surface area (Å²) in [4.78, 5) is 12.0. The van der Waals surface area contributed by atoms with E-state index in [1.807, 2.05) is 36.4 Å². The van der Waals surface area contributed by atoms with E-state index in [-0.39, 0.29) is 11.3 Å². The van der Waals surface area contributed by atoms with Crippen LogP contribution in [-0.2, 0) is 16.6 Å². The van der Waals surface area contributed by atoms with Crippen LogP contribution in [-0.4, -0.2) is 12.5 Å². The summed E-state index contributed by atoms with van der Waals surface area (Å²) in [6.45, 7) is 0.753. The molecule has 102 valence electrons. The minimum atomic E-state index is 0.110. The molecule has 2 aromatic carbocycles. The van der Waals surface area contributed by atoms with Crippen LogP contribution in [0.1, 0.15) is 24.0 Å². The first kappa shape index (κ1) is 12.9. The van der Waals surface area contributed by atoms with Gasteiger partial charge in [-0.2, -0.15) is 0 Å². The molecule has 2 aromatic rings. The van der Waals surface area contributed by atoms with E-state index in [0.29, 0.717) is 6.42 Å². The number of nitrogens with one attached hydrogen (secondary N) is 1. The third-order valence-electron chi connectivity index (χ3n) is 4.07. The molecule has 1 aliphatic rings. The minimum Gasteiger partial charge on any atom is -0.355 e. The zero-order valence-corrected chi connectivity index (χ0v) is 11.5. The molecule has 0 saturated heterocycles. The first-order valence-electron chi connectivity index (χ1n) is 7.15. The summed E-state index contributed by atoms with van der Waals surface area (Å²) >= 11 is 0. The van der Waals surface area contributed by atoms with Gasteiger partial charge in [0.2, 0.25) is 5.91 Å². The average Bonchev–Trinajstić information content (AvgIpc) is 3.28. The lowest BCUT2D eigenvalue weighted by molar-refractivity contribution is -0.120. The zero-order chi connectivity index (χ0) is 13.8. The van der Waals surface area contributed by atoms with Crippen LogP contribution in [0.15, 0.2) is 60.7 Å². The summed E-state index contributed by atoms with van der Waals surface area (Å²) in [6, 6.07) is 20.4. The third-order valence-corrected chi connectivity index (χ3v) is 4.07. The Labute approximate surface area is 119 Å². The molecule has 2 heteroatoms. The van der Waals surface area contributed by atoms with Crippen LogP contribution in [0.4, 0.5) is 0 Å². The normalized spacial score (nSPS) is 15.6. The SMILES string of the molecule is O=C(Cc1ccccc1)NCC1(c2ccccc2)CC1. The van der Waals surface area contributed by atoms with Gasteiger partial charge in [-0.3, -0.25) is 4.79 Å². The number of hydrogen-bond donors (Lipinski definition) is 1. The highest BCUT2D eigenvalue weighted by Gasteiger charge is 2.44. The molecule has 0 bridgehead atoms. The van der Waals surface area contributed by atoms with Crippen molar-refractivity contribution in [2.75, 3.05) is 6.54 Å². The van der Waals surface area contributed by atoms with Gasteiger partial charge in [0.1, 0.15) is 0 Å². The van der Waals surface area contributed by atoms with E-state index in [1.54, 1.807) is 0 Å². The average molecular weight is 265 g/mol. The van der Waals surface area contributed by atoms with E-state index < -0.39 is 0 Å². The van der Waals surface area contributed by atoms with Crippen LogP contribution in [0.5, 0.6) is 0 Å². The summed E-state index contributed by atoms with van der Waals surface area (Å²) in [5.74, 6) is 0.110. The van der Waals surface area contributed by atoms with Crippen LogP contribution in [0.25, 0.3) is 0 Å². The molecule has 0 atom stereocenters. The Morgan fingerprint density at radius 1 is 0.950 bits per heavy atom. The molecule has 1 N–H and O–H groups in total. The second kappa shape index (κ2) is 5.49. The molecule has 0 aliphatic heterocycles. The number of benzene rings is 2. The van der Waals surface area contributed by atoms with Gasteiger partial charge in [0.25, 0.3) is 0 Å². The summed E-state index contributed by atoms with van der Waals surface area (Å²) in [5, 5.41) is 3.09. The zero-order valence-electron chi connectivity index (χ0n) is 11.5. The Kier molecular flexibility index (Phi) is 3.55. The van der Waals surface area contributed by atoms with Crippen LogP contribution < -0.4 is 5.32 Å². The van der Waals surface area contributed by atoms with Crippen molar-refractivity contribution in [3.05, 3.63) is 71.8 Å². The van der Waals surface area contributed by atoms with Crippen molar-refractivity contribution in [3.8, 4) is 0 Å². The highest BCUT2D eigenvalue weighted by molar-refractivity contribution is 5.78. The van der Waals surface area contributed by atoms with E-state index in [2.05, 4.69) is 29.6 Å². The predicted octanol–water partition coefficient (Wildman–Crippen LogP) is 3.08. The molecule has 3 rings (SSSR count). The van der Waals surface area contributed by atoms with Gasteiger partial charge >= 0.3 is 0 Å². The topological polar surface area (TPSA) is 29.1 Å². The predicted molar refractivity (Wildman–Crippen MR) is 80.5 cm³/mol. The maximum absolute atomic E-state index is 12.0. The van der Waals surface area contributed by atoms with E-state index >= 15 is 0 Å². The molecule has 0 unspecified atom stereocenters. The van der Waals surface area contributed by atoms with Crippen molar-refractivity contribution in [1.29, 1.82) is 0 Å². The van der Waals surface area contributed by atoms with Crippen LogP contribution in [0, 0.1) is 0 Å². The lowest BCUT2D eigenvalue weighted by atomic mass is 9.96.